The van der Waals surface area contributed by atoms with E-state index in [-0.39, 0.29) is 24.0 Å². The topological polar surface area (TPSA) is 111 Å². The second-order valence-corrected chi connectivity index (χ2v) is 12.9. The Kier molecular flexibility index (Phi) is 9.88. The maximum atomic E-state index is 14.2. The van der Waals surface area contributed by atoms with Crippen LogP contribution in [0.1, 0.15) is 49.4 Å². The molecule has 0 radical (unpaired) electrons. The fraction of sp³-hybridized carbons (Fsp3) is 0.297. The summed E-state index contributed by atoms with van der Waals surface area (Å²) in [5.74, 6) is 0.753. The van der Waals surface area contributed by atoms with Crippen LogP contribution in [0.25, 0.3) is 6.08 Å². The molecule has 2 aliphatic heterocycles. The molecule has 1 N–H and O–H groups in total. The first-order valence-corrected chi connectivity index (χ1v) is 16.7. The van der Waals surface area contributed by atoms with Crippen LogP contribution in [-0.2, 0) is 14.3 Å². The van der Waals surface area contributed by atoms with Gasteiger partial charge in [0.05, 0.1) is 42.2 Å². The molecule has 1 aromatic heterocycles. The monoisotopic (exact) mass is 666 g/mol. The highest BCUT2D eigenvalue weighted by atomic mass is 32.1. The van der Waals surface area contributed by atoms with Crippen LogP contribution in [0.2, 0.25) is 0 Å². The van der Waals surface area contributed by atoms with E-state index < -0.39 is 6.04 Å². The van der Waals surface area contributed by atoms with Crippen molar-refractivity contribution in [2.75, 3.05) is 45.3 Å². The lowest BCUT2D eigenvalue weighted by Gasteiger charge is -2.26. The number of morpholine rings is 1. The number of para-hydroxylation sites is 1. The standard InChI is InChI=1S/C37H38N4O6S/c1-23(2)26-11-13-27(14-12-26)34-33(35(43)39-28-8-6-5-7-9-28)24(3)38-37-41(34)36(44)31(48-37)21-25-10-15-29(30(20-25)45-4)47-22-32(42)40-16-18-46-19-17-40/h5-15,20-21,23,34H,16-19,22H2,1-4H3,(H,39,43)/b31-21+/t34-/m0/s1. The van der Waals surface area contributed by atoms with E-state index in [1.807, 2.05) is 54.6 Å². The number of thiazole rings is 1. The SMILES string of the molecule is COc1cc(/C=c2/sc3n(c2=O)[C@@H](c2ccc(C(C)C)cc2)C(C(=O)Nc2ccccc2)=C(C)N=3)ccc1OCC(=O)N1CCOCC1. The number of nitrogens with zero attached hydrogens (tertiary/aromatic N) is 3. The van der Waals surface area contributed by atoms with Crippen LogP contribution in [-0.4, -0.2) is 61.3 Å². The summed E-state index contributed by atoms with van der Waals surface area (Å²) in [5, 5.41) is 2.99. The second kappa shape index (κ2) is 14.4. The predicted octanol–water partition coefficient (Wildman–Crippen LogP) is 4.24. The number of anilines is 1. The largest absolute Gasteiger partial charge is 0.493 e. The number of carbonyl (C=O) groups is 2. The third-order valence-electron chi connectivity index (χ3n) is 8.42. The van der Waals surface area contributed by atoms with Gasteiger partial charge in [-0.05, 0) is 59.9 Å². The van der Waals surface area contributed by atoms with Crippen molar-refractivity contribution in [3.63, 3.8) is 0 Å². The van der Waals surface area contributed by atoms with Crippen molar-refractivity contribution in [1.29, 1.82) is 0 Å². The van der Waals surface area contributed by atoms with Gasteiger partial charge in [-0.3, -0.25) is 19.0 Å². The van der Waals surface area contributed by atoms with E-state index in [4.69, 9.17) is 19.2 Å². The van der Waals surface area contributed by atoms with Crippen molar-refractivity contribution < 1.29 is 23.8 Å². The number of fused-ring (bicyclic) bond motifs is 1. The van der Waals surface area contributed by atoms with E-state index in [1.54, 1.807) is 40.7 Å². The van der Waals surface area contributed by atoms with Crippen LogP contribution < -0.4 is 29.7 Å². The van der Waals surface area contributed by atoms with E-state index in [0.717, 1.165) is 11.1 Å². The first kappa shape index (κ1) is 32.9. The lowest BCUT2D eigenvalue weighted by molar-refractivity contribution is -0.137. The molecule has 48 heavy (non-hydrogen) atoms. The Morgan fingerprint density at radius 3 is 2.46 bits per heavy atom. The number of methoxy groups -OCH3 is 1. The highest BCUT2D eigenvalue weighted by Crippen LogP contribution is 2.32. The van der Waals surface area contributed by atoms with Gasteiger partial charge >= 0.3 is 0 Å². The van der Waals surface area contributed by atoms with Gasteiger partial charge in [-0.1, -0.05) is 73.7 Å². The molecule has 11 heteroatoms. The Balaban J connectivity index is 1.35. The van der Waals surface area contributed by atoms with E-state index >= 15 is 0 Å². The quantitative estimate of drug-likeness (QED) is 0.286. The maximum Gasteiger partial charge on any atom is 0.271 e. The summed E-state index contributed by atoms with van der Waals surface area (Å²) >= 11 is 1.26. The fourth-order valence-electron chi connectivity index (χ4n) is 5.80. The van der Waals surface area contributed by atoms with E-state index in [9.17, 15) is 14.4 Å². The number of benzene rings is 3. The van der Waals surface area contributed by atoms with Crippen LogP contribution in [0.15, 0.2) is 93.9 Å². The number of carbonyl (C=O) groups excluding carboxylic acids is 2. The average Bonchev–Trinajstić information content (AvgIpc) is 3.40. The zero-order chi connectivity index (χ0) is 33.8. The fourth-order valence-corrected chi connectivity index (χ4v) is 6.85. The summed E-state index contributed by atoms with van der Waals surface area (Å²) < 4.78 is 18.8. The summed E-state index contributed by atoms with van der Waals surface area (Å²) in [5.41, 5.74) is 4.03. The molecule has 2 aliphatic rings. The van der Waals surface area contributed by atoms with E-state index in [0.29, 0.717) is 75.6 Å². The Bertz CT molecular complexity index is 2030. The van der Waals surface area contributed by atoms with Crippen LogP contribution in [0.3, 0.4) is 0 Å². The maximum absolute atomic E-state index is 14.2. The van der Waals surface area contributed by atoms with Crippen LogP contribution in [0.5, 0.6) is 11.5 Å². The zero-order valence-corrected chi connectivity index (χ0v) is 28.2. The molecule has 248 valence electrons. The molecule has 1 fully saturated rings. The molecular weight excluding hydrogens is 628 g/mol. The predicted molar refractivity (Wildman–Crippen MR) is 185 cm³/mol. The third kappa shape index (κ3) is 6.97. The van der Waals surface area contributed by atoms with Crippen molar-refractivity contribution in [3.05, 3.63) is 120 Å². The average molecular weight is 667 g/mol. The number of ether oxygens (including phenoxy) is 3. The molecule has 4 aromatic rings. The number of hydrogen-bond acceptors (Lipinski definition) is 8. The Morgan fingerprint density at radius 1 is 1.04 bits per heavy atom. The molecule has 0 aliphatic carbocycles. The van der Waals surface area contributed by atoms with Crippen molar-refractivity contribution in [3.8, 4) is 11.5 Å². The number of hydrogen-bond donors (Lipinski definition) is 1. The first-order valence-electron chi connectivity index (χ1n) is 15.9. The number of rotatable bonds is 9. The van der Waals surface area contributed by atoms with Gasteiger partial charge in [-0.2, -0.15) is 0 Å². The summed E-state index contributed by atoms with van der Waals surface area (Å²) in [7, 11) is 1.53. The molecule has 0 saturated carbocycles. The summed E-state index contributed by atoms with van der Waals surface area (Å²) in [6.45, 7) is 8.05. The van der Waals surface area contributed by atoms with Gasteiger partial charge in [0, 0.05) is 18.8 Å². The van der Waals surface area contributed by atoms with Gasteiger partial charge in [0.1, 0.15) is 0 Å². The highest BCUT2D eigenvalue weighted by molar-refractivity contribution is 7.07. The minimum absolute atomic E-state index is 0.119. The molecule has 3 heterocycles. The van der Waals surface area contributed by atoms with Gasteiger partial charge < -0.3 is 24.4 Å². The van der Waals surface area contributed by atoms with Crippen molar-refractivity contribution >= 4 is 34.9 Å². The Hall–Kier alpha value is -5.00. The van der Waals surface area contributed by atoms with Crippen LogP contribution >= 0.6 is 11.3 Å². The third-order valence-corrected chi connectivity index (χ3v) is 9.40. The van der Waals surface area contributed by atoms with Crippen molar-refractivity contribution in [2.45, 2.75) is 32.7 Å². The van der Waals surface area contributed by atoms with Crippen molar-refractivity contribution in [2.24, 2.45) is 4.99 Å². The van der Waals surface area contributed by atoms with E-state index in [1.165, 1.54) is 18.4 Å². The highest BCUT2D eigenvalue weighted by Gasteiger charge is 2.32. The molecule has 2 amide bonds. The molecule has 0 bridgehead atoms. The normalized spacial score (nSPS) is 16.4. The van der Waals surface area contributed by atoms with Crippen LogP contribution in [0, 0.1) is 0 Å². The molecule has 0 spiro atoms. The summed E-state index contributed by atoms with van der Waals surface area (Å²) in [6, 6.07) is 21.9. The Morgan fingerprint density at radius 2 is 1.77 bits per heavy atom. The minimum Gasteiger partial charge on any atom is -0.493 e. The lowest BCUT2D eigenvalue weighted by atomic mass is 9.93. The number of amides is 2. The molecule has 0 unspecified atom stereocenters. The van der Waals surface area contributed by atoms with Crippen molar-refractivity contribution in [1.82, 2.24) is 9.47 Å². The number of aromatic nitrogens is 1. The smallest absolute Gasteiger partial charge is 0.271 e. The van der Waals surface area contributed by atoms with Gasteiger partial charge in [-0.25, -0.2) is 4.99 Å². The summed E-state index contributed by atoms with van der Waals surface area (Å²) in [4.78, 5) is 47.6. The van der Waals surface area contributed by atoms with E-state index in [2.05, 4.69) is 19.2 Å². The summed E-state index contributed by atoms with van der Waals surface area (Å²) in [6.07, 6.45) is 1.77. The Labute approximate surface area is 282 Å². The molecule has 6 rings (SSSR count). The molecule has 3 aromatic carbocycles. The lowest BCUT2D eigenvalue weighted by Crippen LogP contribution is -2.43. The van der Waals surface area contributed by atoms with Gasteiger partial charge in [0.2, 0.25) is 0 Å². The van der Waals surface area contributed by atoms with Gasteiger partial charge in [0.25, 0.3) is 17.4 Å². The van der Waals surface area contributed by atoms with Gasteiger partial charge in [0.15, 0.2) is 22.9 Å². The zero-order valence-electron chi connectivity index (χ0n) is 27.4. The van der Waals surface area contributed by atoms with Crippen LogP contribution in [0.4, 0.5) is 5.69 Å². The molecular formula is C37H38N4O6S. The number of nitrogens with one attached hydrogen (secondary N) is 1. The molecule has 1 atom stereocenters. The first-order chi connectivity index (χ1) is 23.2. The molecule has 10 nitrogen and oxygen atoms in total. The van der Waals surface area contributed by atoms with Gasteiger partial charge in [-0.15, -0.1) is 0 Å². The molecule has 1 saturated heterocycles. The number of allylic oxidation sites excluding steroid dienone is 1. The second-order valence-electron chi connectivity index (χ2n) is 11.9. The minimum atomic E-state index is -0.678.